The summed E-state index contributed by atoms with van der Waals surface area (Å²) in [7, 11) is 1.46. The van der Waals surface area contributed by atoms with E-state index in [1.165, 1.54) is 12.0 Å². The lowest BCUT2D eigenvalue weighted by atomic mass is 9.68. The molecule has 33 heavy (non-hydrogen) atoms. The monoisotopic (exact) mass is 453 g/mol. The van der Waals surface area contributed by atoms with E-state index in [4.69, 9.17) is 24.4 Å². The van der Waals surface area contributed by atoms with Crippen LogP contribution in [-0.2, 0) is 14.3 Å². The highest BCUT2D eigenvalue weighted by Gasteiger charge is 2.47. The van der Waals surface area contributed by atoms with Gasteiger partial charge in [-0.05, 0) is 11.5 Å². The maximum atomic E-state index is 13.3. The van der Waals surface area contributed by atoms with Crippen LogP contribution in [-0.4, -0.2) is 56.1 Å². The molecule has 9 nitrogen and oxygen atoms in total. The lowest BCUT2D eigenvalue weighted by Gasteiger charge is -2.39. The number of Topliss-reactive ketones (excluding diaryl/α,β-unsaturated/α-hetero) is 1. The number of nitrogens with one attached hydrogen (secondary N) is 1. The van der Waals surface area contributed by atoms with Crippen molar-refractivity contribution in [1.29, 1.82) is 10.7 Å². The lowest BCUT2D eigenvalue weighted by Crippen LogP contribution is -2.42. The van der Waals surface area contributed by atoms with Gasteiger partial charge in [0, 0.05) is 43.0 Å². The number of amides is 1. The van der Waals surface area contributed by atoms with Gasteiger partial charge < -0.3 is 23.8 Å². The second-order valence-corrected chi connectivity index (χ2v) is 9.17. The van der Waals surface area contributed by atoms with Crippen LogP contribution in [0.5, 0.6) is 11.5 Å². The number of hydrogen-bond donors (Lipinski definition) is 1. The molecule has 1 aromatic carbocycles. The van der Waals surface area contributed by atoms with Gasteiger partial charge in [0.05, 0.1) is 26.4 Å². The molecule has 0 bridgehead atoms. The molecule has 0 saturated carbocycles. The zero-order valence-electron chi connectivity index (χ0n) is 19.0. The van der Waals surface area contributed by atoms with Gasteiger partial charge in [-0.15, -0.1) is 0 Å². The second kappa shape index (κ2) is 8.87. The quantitative estimate of drug-likeness (QED) is 0.744. The molecule has 2 atom stereocenters. The third-order valence-corrected chi connectivity index (χ3v) is 6.20. The average molecular weight is 453 g/mol. The molecule has 2 unspecified atom stereocenters. The van der Waals surface area contributed by atoms with E-state index < -0.39 is 17.9 Å². The number of morpholine rings is 1. The van der Waals surface area contributed by atoms with E-state index in [0.717, 1.165) is 0 Å². The molecular formula is C24H27N3O6. The van der Waals surface area contributed by atoms with Crippen LogP contribution in [0.25, 0.3) is 0 Å². The van der Waals surface area contributed by atoms with Gasteiger partial charge in [-0.1, -0.05) is 26.0 Å². The van der Waals surface area contributed by atoms with Gasteiger partial charge in [-0.3, -0.25) is 10.2 Å². The van der Waals surface area contributed by atoms with E-state index in [1.807, 2.05) is 13.8 Å². The summed E-state index contributed by atoms with van der Waals surface area (Å²) in [6.07, 6.45) is 0.201. The van der Waals surface area contributed by atoms with Crippen molar-refractivity contribution < 1.29 is 28.5 Å². The molecular weight excluding hydrogens is 426 g/mol. The number of carbonyl (C=O) groups excluding carboxylic acids is 2. The van der Waals surface area contributed by atoms with Crippen LogP contribution in [0, 0.1) is 28.1 Å². The molecule has 4 rings (SSSR count). The largest absolute Gasteiger partial charge is 0.493 e. The summed E-state index contributed by atoms with van der Waals surface area (Å²) in [6, 6.07) is 7.18. The van der Waals surface area contributed by atoms with E-state index in [0.29, 0.717) is 61.8 Å². The molecule has 1 aromatic rings. The number of carbonyl (C=O) groups is 2. The Morgan fingerprint density at radius 2 is 2.00 bits per heavy atom. The molecule has 1 saturated heterocycles. The number of hydrogen-bond acceptors (Lipinski definition) is 8. The van der Waals surface area contributed by atoms with Crippen molar-refractivity contribution in [2.45, 2.75) is 32.6 Å². The van der Waals surface area contributed by atoms with E-state index >= 15 is 0 Å². The topological polar surface area (TPSA) is 122 Å². The Morgan fingerprint density at radius 3 is 2.67 bits per heavy atom. The van der Waals surface area contributed by atoms with Crippen LogP contribution in [0.4, 0.5) is 4.79 Å². The van der Waals surface area contributed by atoms with E-state index in [9.17, 15) is 14.9 Å². The Kier molecular flexibility index (Phi) is 6.13. The van der Waals surface area contributed by atoms with Crippen LogP contribution in [0.15, 0.2) is 29.5 Å². The highest BCUT2D eigenvalue weighted by molar-refractivity contribution is 6.02. The van der Waals surface area contributed by atoms with E-state index in [-0.39, 0.29) is 22.8 Å². The Bertz CT molecular complexity index is 1060. The SMILES string of the molecule is COc1cccc(C2C3=C(CC(C)(C)CC3=O)OC(=N)C2C#N)c1OC(=O)N1CCOCC1. The summed E-state index contributed by atoms with van der Waals surface area (Å²) in [4.78, 5) is 27.7. The van der Waals surface area contributed by atoms with Gasteiger partial charge in [0.1, 0.15) is 11.7 Å². The van der Waals surface area contributed by atoms with Crippen molar-refractivity contribution in [2.24, 2.45) is 11.3 Å². The van der Waals surface area contributed by atoms with Crippen molar-refractivity contribution >= 4 is 17.8 Å². The third-order valence-electron chi connectivity index (χ3n) is 6.20. The molecule has 0 spiro atoms. The fourth-order valence-electron chi connectivity index (χ4n) is 4.64. The number of benzene rings is 1. The highest BCUT2D eigenvalue weighted by Crippen LogP contribution is 2.50. The molecule has 174 valence electrons. The average Bonchev–Trinajstić information content (AvgIpc) is 2.78. The number of rotatable bonds is 3. The number of ether oxygens (including phenoxy) is 4. The summed E-state index contributed by atoms with van der Waals surface area (Å²) >= 11 is 0. The fraction of sp³-hybridized carbons (Fsp3) is 0.500. The molecule has 2 heterocycles. The first-order chi connectivity index (χ1) is 15.8. The third kappa shape index (κ3) is 4.31. The van der Waals surface area contributed by atoms with E-state index in [1.54, 1.807) is 18.2 Å². The Morgan fingerprint density at radius 1 is 1.27 bits per heavy atom. The number of nitriles is 1. The predicted molar refractivity (Wildman–Crippen MR) is 117 cm³/mol. The first-order valence-electron chi connectivity index (χ1n) is 10.9. The van der Waals surface area contributed by atoms with Gasteiger partial charge in [-0.25, -0.2) is 4.79 Å². The smallest absolute Gasteiger partial charge is 0.415 e. The number of para-hydroxylation sites is 1. The molecule has 1 amide bonds. The van der Waals surface area contributed by atoms with Gasteiger partial charge >= 0.3 is 6.09 Å². The number of methoxy groups -OCH3 is 1. The number of ketones is 1. The number of nitrogens with zero attached hydrogens (tertiary/aromatic N) is 2. The summed E-state index contributed by atoms with van der Waals surface area (Å²) in [5.41, 5.74) is 0.491. The van der Waals surface area contributed by atoms with Crippen LogP contribution in [0.2, 0.25) is 0 Å². The summed E-state index contributed by atoms with van der Waals surface area (Å²) < 4.78 is 22.2. The van der Waals surface area contributed by atoms with Crippen LogP contribution in [0.1, 0.15) is 38.2 Å². The highest BCUT2D eigenvalue weighted by atomic mass is 16.6. The van der Waals surface area contributed by atoms with Gasteiger partial charge in [0.2, 0.25) is 5.90 Å². The first kappa shape index (κ1) is 22.8. The summed E-state index contributed by atoms with van der Waals surface area (Å²) in [5, 5.41) is 18.3. The summed E-state index contributed by atoms with van der Waals surface area (Å²) in [5.74, 6) is -1.35. The molecule has 3 aliphatic rings. The van der Waals surface area contributed by atoms with Crippen molar-refractivity contribution in [2.75, 3.05) is 33.4 Å². The summed E-state index contributed by atoms with van der Waals surface area (Å²) in [6.45, 7) is 5.57. The minimum atomic E-state index is -1.04. The Hall–Kier alpha value is -3.38. The van der Waals surface area contributed by atoms with E-state index in [2.05, 4.69) is 6.07 Å². The van der Waals surface area contributed by atoms with Crippen LogP contribution in [0.3, 0.4) is 0 Å². The second-order valence-electron chi connectivity index (χ2n) is 9.17. The minimum absolute atomic E-state index is 0.132. The minimum Gasteiger partial charge on any atom is -0.493 e. The van der Waals surface area contributed by atoms with Crippen molar-refractivity contribution in [3.05, 3.63) is 35.1 Å². The van der Waals surface area contributed by atoms with Gasteiger partial charge in [0.25, 0.3) is 0 Å². The molecule has 2 aliphatic heterocycles. The molecule has 9 heteroatoms. The normalized spacial score (nSPS) is 24.5. The van der Waals surface area contributed by atoms with Gasteiger partial charge in [0.15, 0.2) is 17.3 Å². The molecule has 1 N–H and O–H groups in total. The van der Waals surface area contributed by atoms with Crippen LogP contribution >= 0.6 is 0 Å². The van der Waals surface area contributed by atoms with Crippen molar-refractivity contribution in [3.8, 4) is 17.6 Å². The van der Waals surface area contributed by atoms with Crippen molar-refractivity contribution in [1.82, 2.24) is 4.90 Å². The van der Waals surface area contributed by atoms with Gasteiger partial charge in [-0.2, -0.15) is 5.26 Å². The Balaban J connectivity index is 1.82. The van der Waals surface area contributed by atoms with Crippen LogP contribution < -0.4 is 9.47 Å². The molecule has 1 aliphatic carbocycles. The lowest BCUT2D eigenvalue weighted by molar-refractivity contribution is -0.119. The number of allylic oxidation sites excluding steroid dienone is 2. The first-order valence-corrected chi connectivity index (χ1v) is 10.9. The molecule has 0 aromatic heterocycles. The maximum absolute atomic E-state index is 13.3. The standard InChI is InChI=1S/C24H27N3O6/c1-24(2)11-16(28)20-18(12-24)32-22(26)15(13-25)19(20)14-5-4-6-17(30-3)21(14)33-23(29)27-7-9-31-10-8-27/h4-6,15,19,26H,7-12H2,1-3H3. The zero-order valence-corrected chi connectivity index (χ0v) is 19.0. The fourth-order valence-corrected chi connectivity index (χ4v) is 4.64. The molecule has 0 radical (unpaired) electrons. The Labute approximate surface area is 192 Å². The van der Waals surface area contributed by atoms with Crippen molar-refractivity contribution in [3.63, 3.8) is 0 Å². The molecule has 1 fully saturated rings. The zero-order chi connectivity index (χ0) is 23.8. The predicted octanol–water partition coefficient (Wildman–Crippen LogP) is 3.40. The maximum Gasteiger partial charge on any atom is 0.415 e.